The van der Waals surface area contributed by atoms with Crippen LogP contribution in [0.5, 0.6) is 0 Å². The number of nitro benzene ring substituents is 1. The van der Waals surface area contributed by atoms with Crippen molar-refractivity contribution in [3.63, 3.8) is 0 Å². The minimum Gasteiger partial charge on any atom is -0.368 e. The Kier molecular flexibility index (Phi) is 4.01. The number of anilines is 1. The smallest absolute Gasteiger partial charge is 0.368 e. The molecule has 0 aliphatic carbocycles. The van der Waals surface area contributed by atoms with Crippen LogP contribution in [0.25, 0.3) is 0 Å². The van der Waals surface area contributed by atoms with E-state index < -0.39 is 29.6 Å². The first-order valence-electron chi connectivity index (χ1n) is 6.13. The van der Waals surface area contributed by atoms with Crippen LogP contribution in [0.1, 0.15) is 6.42 Å². The Labute approximate surface area is 117 Å². The molecular formula is C12H12F3N3O3. The van der Waals surface area contributed by atoms with Crippen LogP contribution in [0.4, 0.5) is 24.5 Å². The molecule has 0 saturated carbocycles. The van der Waals surface area contributed by atoms with Gasteiger partial charge in [0.2, 0.25) is 5.91 Å². The molecule has 1 aromatic carbocycles. The number of nitrogens with zero attached hydrogens (tertiary/aromatic N) is 2. The number of carbonyl (C=O) groups is 1. The maximum Gasteiger partial charge on any atom is 0.406 e. The van der Waals surface area contributed by atoms with Gasteiger partial charge in [-0.25, -0.2) is 0 Å². The van der Waals surface area contributed by atoms with Gasteiger partial charge < -0.3 is 10.2 Å². The second kappa shape index (κ2) is 5.58. The summed E-state index contributed by atoms with van der Waals surface area (Å²) >= 11 is 0. The molecule has 1 unspecified atom stereocenters. The second-order valence-corrected chi connectivity index (χ2v) is 4.63. The number of para-hydroxylation sites is 2. The molecule has 0 spiro atoms. The number of halogens is 3. The Bertz CT molecular complexity index is 562. The van der Waals surface area contributed by atoms with Gasteiger partial charge in [-0.05, 0) is 12.5 Å². The fourth-order valence-electron chi connectivity index (χ4n) is 2.19. The number of carbonyl (C=O) groups excluding carboxylic acids is 1. The first-order chi connectivity index (χ1) is 9.78. The molecule has 1 aliphatic rings. The van der Waals surface area contributed by atoms with Crippen LogP contribution in [0, 0.1) is 10.1 Å². The van der Waals surface area contributed by atoms with Gasteiger partial charge in [0.15, 0.2) is 0 Å². The molecule has 0 radical (unpaired) electrons. The highest BCUT2D eigenvalue weighted by molar-refractivity contribution is 5.87. The molecule has 1 N–H and O–H groups in total. The van der Waals surface area contributed by atoms with Crippen LogP contribution in [0.2, 0.25) is 0 Å². The largest absolute Gasteiger partial charge is 0.406 e. The normalized spacial score (nSPS) is 18.9. The zero-order valence-corrected chi connectivity index (χ0v) is 10.8. The third-order valence-electron chi connectivity index (χ3n) is 3.10. The van der Waals surface area contributed by atoms with Crippen molar-refractivity contribution in [1.29, 1.82) is 0 Å². The van der Waals surface area contributed by atoms with E-state index >= 15 is 0 Å². The molecule has 1 aliphatic heterocycles. The Morgan fingerprint density at radius 3 is 2.67 bits per heavy atom. The molecule has 1 saturated heterocycles. The Morgan fingerprint density at radius 2 is 2.05 bits per heavy atom. The van der Waals surface area contributed by atoms with Gasteiger partial charge in [0.1, 0.15) is 18.3 Å². The number of likely N-dealkylation sites (tertiary alicyclic amines) is 1. The summed E-state index contributed by atoms with van der Waals surface area (Å²) in [4.78, 5) is 22.8. The number of alkyl halides is 3. The number of benzene rings is 1. The molecule has 1 heterocycles. The predicted octanol–water partition coefficient (Wildman–Crippen LogP) is 2.17. The van der Waals surface area contributed by atoms with E-state index in [1.807, 2.05) is 0 Å². The molecule has 0 aromatic heterocycles. The summed E-state index contributed by atoms with van der Waals surface area (Å²) in [6.07, 6.45) is -4.29. The van der Waals surface area contributed by atoms with Gasteiger partial charge in [0.05, 0.1) is 4.92 Å². The minimum atomic E-state index is -4.46. The summed E-state index contributed by atoms with van der Waals surface area (Å²) < 4.78 is 36.9. The van der Waals surface area contributed by atoms with Crippen molar-refractivity contribution in [2.45, 2.75) is 18.6 Å². The molecule has 6 nitrogen and oxygen atoms in total. The predicted molar refractivity (Wildman–Crippen MR) is 67.8 cm³/mol. The standard InChI is InChI=1S/C12H12F3N3O3/c13-12(14,15)7-17-6-5-9(11(17)19)16-8-3-1-2-4-10(8)18(20)21/h1-4,9,16H,5-7H2. The molecular weight excluding hydrogens is 291 g/mol. The van der Waals surface area contributed by atoms with E-state index in [2.05, 4.69) is 5.32 Å². The summed E-state index contributed by atoms with van der Waals surface area (Å²) in [5.41, 5.74) is -0.103. The lowest BCUT2D eigenvalue weighted by molar-refractivity contribution is -0.384. The summed E-state index contributed by atoms with van der Waals surface area (Å²) in [5, 5.41) is 13.5. The molecule has 1 aromatic rings. The molecule has 1 atom stereocenters. The highest BCUT2D eigenvalue weighted by Crippen LogP contribution is 2.27. The average molecular weight is 303 g/mol. The number of nitrogens with one attached hydrogen (secondary N) is 1. The molecule has 1 amide bonds. The van der Waals surface area contributed by atoms with Crippen LogP contribution in [-0.4, -0.2) is 41.0 Å². The average Bonchev–Trinajstić information content (AvgIpc) is 2.70. The van der Waals surface area contributed by atoms with Gasteiger partial charge in [-0.2, -0.15) is 13.2 Å². The summed E-state index contributed by atoms with van der Waals surface area (Å²) in [6.45, 7) is -1.34. The fraction of sp³-hybridized carbons (Fsp3) is 0.417. The lowest BCUT2D eigenvalue weighted by atomic mass is 10.2. The molecule has 114 valence electrons. The van der Waals surface area contributed by atoms with E-state index in [9.17, 15) is 28.1 Å². The van der Waals surface area contributed by atoms with Crippen molar-refractivity contribution in [2.24, 2.45) is 0 Å². The molecule has 9 heteroatoms. The second-order valence-electron chi connectivity index (χ2n) is 4.63. The van der Waals surface area contributed by atoms with E-state index in [0.717, 1.165) is 0 Å². The van der Waals surface area contributed by atoms with Gasteiger partial charge in [0.25, 0.3) is 5.69 Å². The van der Waals surface area contributed by atoms with E-state index in [0.29, 0.717) is 4.90 Å². The zero-order chi connectivity index (χ0) is 15.6. The minimum absolute atomic E-state index is 0.0311. The summed E-state index contributed by atoms with van der Waals surface area (Å²) in [7, 11) is 0. The van der Waals surface area contributed by atoms with Crippen molar-refractivity contribution in [3.8, 4) is 0 Å². The van der Waals surface area contributed by atoms with E-state index in [1.54, 1.807) is 6.07 Å². The van der Waals surface area contributed by atoms with Crippen molar-refractivity contribution in [1.82, 2.24) is 4.90 Å². The SMILES string of the molecule is O=C1C(Nc2ccccc2[N+](=O)[O-])CCN1CC(F)(F)F. The van der Waals surface area contributed by atoms with E-state index in [1.165, 1.54) is 18.2 Å². The van der Waals surface area contributed by atoms with Crippen LogP contribution in [-0.2, 0) is 4.79 Å². The van der Waals surface area contributed by atoms with Crippen molar-refractivity contribution < 1.29 is 22.9 Å². The molecule has 1 fully saturated rings. The van der Waals surface area contributed by atoms with Crippen LogP contribution >= 0.6 is 0 Å². The molecule has 21 heavy (non-hydrogen) atoms. The van der Waals surface area contributed by atoms with Crippen LogP contribution < -0.4 is 5.32 Å². The zero-order valence-electron chi connectivity index (χ0n) is 10.8. The van der Waals surface area contributed by atoms with Gasteiger partial charge in [-0.3, -0.25) is 14.9 Å². The highest BCUT2D eigenvalue weighted by Gasteiger charge is 2.39. The third-order valence-corrected chi connectivity index (χ3v) is 3.10. The summed E-state index contributed by atoms with van der Waals surface area (Å²) in [5.74, 6) is -0.703. The first kappa shape index (κ1) is 15.1. The van der Waals surface area contributed by atoms with Gasteiger partial charge >= 0.3 is 6.18 Å². The number of nitro groups is 1. The van der Waals surface area contributed by atoms with Crippen LogP contribution in [0.3, 0.4) is 0 Å². The first-order valence-corrected chi connectivity index (χ1v) is 6.13. The number of rotatable bonds is 4. The van der Waals surface area contributed by atoms with Crippen molar-refractivity contribution >= 4 is 17.3 Å². The van der Waals surface area contributed by atoms with Crippen molar-refractivity contribution in [2.75, 3.05) is 18.4 Å². The Morgan fingerprint density at radius 1 is 1.38 bits per heavy atom. The Balaban J connectivity index is 2.09. The lowest BCUT2D eigenvalue weighted by Crippen LogP contribution is -2.39. The lowest BCUT2D eigenvalue weighted by Gasteiger charge is -2.19. The van der Waals surface area contributed by atoms with Crippen molar-refractivity contribution in [3.05, 3.63) is 34.4 Å². The quantitative estimate of drug-likeness (QED) is 0.683. The number of hydrogen-bond acceptors (Lipinski definition) is 4. The van der Waals surface area contributed by atoms with Gasteiger partial charge in [-0.1, -0.05) is 12.1 Å². The molecule has 0 bridgehead atoms. The molecule has 2 rings (SSSR count). The number of hydrogen-bond donors (Lipinski definition) is 1. The van der Waals surface area contributed by atoms with Gasteiger partial charge in [0, 0.05) is 12.6 Å². The van der Waals surface area contributed by atoms with Crippen LogP contribution in [0.15, 0.2) is 24.3 Å². The Hall–Kier alpha value is -2.32. The third kappa shape index (κ3) is 3.61. The fourth-order valence-corrected chi connectivity index (χ4v) is 2.19. The van der Waals surface area contributed by atoms with Gasteiger partial charge in [-0.15, -0.1) is 0 Å². The maximum absolute atomic E-state index is 12.3. The van der Waals surface area contributed by atoms with E-state index in [4.69, 9.17) is 0 Å². The topological polar surface area (TPSA) is 75.5 Å². The number of amides is 1. The monoisotopic (exact) mass is 303 g/mol. The maximum atomic E-state index is 12.3. The van der Waals surface area contributed by atoms with E-state index in [-0.39, 0.29) is 24.3 Å². The highest BCUT2D eigenvalue weighted by atomic mass is 19.4. The summed E-state index contributed by atoms with van der Waals surface area (Å²) in [6, 6.07) is 4.80.